The van der Waals surface area contributed by atoms with Gasteiger partial charge in [0.15, 0.2) is 0 Å². The lowest BCUT2D eigenvalue weighted by molar-refractivity contribution is 0.440. The maximum atomic E-state index is 4.12. The van der Waals surface area contributed by atoms with Crippen LogP contribution >= 0.6 is 0 Å². The standard InChI is InChI=1S/C12H16N2/c1-11(9-10-13-14(2)3)12-7-5-4-6-8-12/h4-10H,1-3H3/b11-9+,13-10+. The topological polar surface area (TPSA) is 15.6 Å². The SMILES string of the molecule is C/C(=C\C=N\N(C)C)c1ccccc1. The lowest BCUT2D eigenvalue weighted by Gasteiger charge is -2.01. The van der Waals surface area contributed by atoms with Gasteiger partial charge in [0.2, 0.25) is 0 Å². The molecule has 14 heavy (non-hydrogen) atoms. The van der Waals surface area contributed by atoms with Gasteiger partial charge in [-0.25, -0.2) is 0 Å². The highest BCUT2D eigenvalue weighted by molar-refractivity contribution is 5.83. The molecule has 0 atom stereocenters. The number of benzene rings is 1. The molecule has 0 fully saturated rings. The third-order valence-corrected chi connectivity index (χ3v) is 1.85. The van der Waals surface area contributed by atoms with Gasteiger partial charge in [0.25, 0.3) is 0 Å². The second-order valence-corrected chi connectivity index (χ2v) is 3.33. The molecule has 0 aliphatic heterocycles. The van der Waals surface area contributed by atoms with Crippen LogP contribution in [-0.4, -0.2) is 25.3 Å². The van der Waals surface area contributed by atoms with Crippen LogP contribution in [-0.2, 0) is 0 Å². The molecule has 2 heteroatoms. The zero-order valence-corrected chi connectivity index (χ0v) is 8.94. The van der Waals surface area contributed by atoms with E-state index >= 15 is 0 Å². The van der Waals surface area contributed by atoms with Crippen LogP contribution in [0.1, 0.15) is 12.5 Å². The fourth-order valence-electron chi connectivity index (χ4n) is 1.08. The van der Waals surface area contributed by atoms with E-state index in [-0.39, 0.29) is 0 Å². The molecule has 0 heterocycles. The van der Waals surface area contributed by atoms with Gasteiger partial charge >= 0.3 is 0 Å². The van der Waals surface area contributed by atoms with Gasteiger partial charge in [0.1, 0.15) is 0 Å². The summed E-state index contributed by atoms with van der Waals surface area (Å²) < 4.78 is 0. The Morgan fingerprint density at radius 3 is 2.43 bits per heavy atom. The average Bonchev–Trinajstić information content (AvgIpc) is 2.18. The van der Waals surface area contributed by atoms with Gasteiger partial charge in [0.05, 0.1) is 0 Å². The van der Waals surface area contributed by atoms with Crippen molar-refractivity contribution in [2.24, 2.45) is 5.10 Å². The van der Waals surface area contributed by atoms with E-state index in [9.17, 15) is 0 Å². The number of nitrogens with zero attached hydrogens (tertiary/aromatic N) is 2. The second kappa shape index (κ2) is 5.22. The van der Waals surface area contributed by atoms with E-state index in [4.69, 9.17) is 0 Å². The highest BCUT2D eigenvalue weighted by Gasteiger charge is 1.90. The van der Waals surface area contributed by atoms with Crippen molar-refractivity contribution in [2.45, 2.75) is 6.92 Å². The lowest BCUT2D eigenvalue weighted by Crippen LogP contribution is -2.00. The van der Waals surface area contributed by atoms with Crippen LogP contribution < -0.4 is 0 Å². The van der Waals surface area contributed by atoms with E-state index < -0.39 is 0 Å². The van der Waals surface area contributed by atoms with Crippen molar-refractivity contribution in [2.75, 3.05) is 14.1 Å². The number of rotatable bonds is 3. The minimum Gasteiger partial charge on any atom is -0.303 e. The van der Waals surface area contributed by atoms with Gasteiger partial charge in [-0.05, 0) is 24.1 Å². The Morgan fingerprint density at radius 2 is 1.86 bits per heavy atom. The maximum absolute atomic E-state index is 4.12. The average molecular weight is 188 g/mol. The number of hydrazone groups is 1. The summed E-state index contributed by atoms with van der Waals surface area (Å²) in [7, 11) is 3.81. The predicted octanol–water partition coefficient (Wildman–Crippen LogP) is 2.64. The van der Waals surface area contributed by atoms with E-state index in [0.717, 1.165) is 0 Å². The first kappa shape index (κ1) is 10.5. The summed E-state index contributed by atoms with van der Waals surface area (Å²) in [6.07, 6.45) is 3.82. The first-order valence-corrected chi connectivity index (χ1v) is 4.64. The largest absolute Gasteiger partial charge is 0.303 e. The van der Waals surface area contributed by atoms with E-state index in [1.165, 1.54) is 11.1 Å². The zero-order valence-electron chi connectivity index (χ0n) is 8.94. The fourth-order valence-corrected chi connectivity index (χ4v) is 1.08. The summed E-state index contributed by atoms with van der Waals surface area (Å²) in [5.74, 6) is 0. The molecule has 0 saturated carbocycles. The van der Waals surface area contributed by atoms with Gasteiger partial charge in [-0.15, -0.1) is 0 Å². The summed E-state index contributed by atoms with van der Waals surface area (Å²) in [5, 5.41) is 5.89. The molecular weight excluding hydrogens is 172 g/mol. The van der Waals surface area contributed by atoms with Gasteiger partial charge in [-0.2, -0.15) is 5.10 Å². The smallest absolute Gasteiger partial charge is 0.0473 e. The summed E-state index contributed by atoms with van der Waals surface area (Å²) in [6, 6.07) is 10.3. The summed E-state index contributed by atoms with van der Waals surface area (Å²) in [4.78, 5) is 0. The van der Waals surface area contributed by atoms with E-state index in [2.05, 4.69) is 24.2 Å². The van der Waals surface area contributed by atoms with Crippen molar-refractivity contribution >= 4 is 11.8 Å². The molecule has 1 aromatic rings. The lowest BCUT2D eigenvalue weighted by atomic mass is 10.1. The van der Waals surface area contributed by atoms with Crippen LogP contribution in [0.4, 0.5) is 0 Å². The molecule has 74 valence electrons. The molecule has 0 saturated heterocycles. The Bertz CT molecular complexity index is 323. The molecule has 0 aromatic heterocycles. The molecule has 0 N–H and O–H groups in total. The Morgan fingerprint density at radius 1 is 1.21 bits per heavy atom. The Kier molecular flexibility index (Phi) is 3.92. The van der Waals surface area contributed by atoms with Crippen molar-refractivity contribution < 1.29 is 0 Å². The molecule has 1 rings (SSSR count). The van der Waals surface area contributed by atoms with Crippen molar-refractivity contribution in [1.29, 1.82) is 0 Å². The van der Waals surface area contributed by atoms with Crippen molar-refractivity contribution in [3.05, 3.63) is 42.0 Å². The minimum absolute atomic E-state index is 1.22. The van der Waals surface area contributed by atoms with Gasteiger partial charge in [0, 0.05) is 20.3 Å². The number of allylic oxidation sites excluding steroid dienone is 2. The molecule has 1 aromatic carbocycles. The van der Waals surface area contributed by atoms with Crippen molar-refractivity contribution in [3.8, 4) is 0 Å². The molecule has 0 aliphatic rings. The number of hydrogen-bond donors (Lipinski definition) is 0. The van der Waals surface area contributed by atoms with E-state index in [0.29, 0.717) is 0 Å². The summed E-state index contributed by atoms with van der Waals surface area (Å²) in [6.45, 7) is 2.08. The normalized spacial score (nSPS) is 12.1. The molecule has 2 nitrogen and oxygen atoms in total. The third-order valence-electron chi connectivity index (χ3n) is 1.85. The van der Waals surface area contributed by atoms with Crippen molar-refractivity contribution in [1.82, 2.24) is 5.01 Å². The maximum Gasteiger partial charge on any atom is 0.0473 e. The molecule has 0 bridgehead atoms. The zero-order chi connectivity index (χ0) is 10.4. The molecule has 0 radical (unpaired) electrons. The Balaban J connectivity index is 2.71. The second-order valence-electron chi connectivity index (χ2n) is 3.33. The summed E-state index contributed by atoms with van der Waals surface area (Å²) in [5.41, 5.74) is 2.45. The van der Waals surface area contributed by atoms with Gasteiger partial charge in [-0.1, -0.05) is 30.3 Å². The number of hydrogen-bond acceptors (Lipinski definition) is 2. The first-order chi connectivity index (χ1) is 6.70. The molecule has 0 spiro atoms. The van der Waals surface area contributed by atoms with Crippen molar-refractivity contribution in [3.63, 3.8) is 0 Å². The Hall–Kier alpha value is -1.57. The van der Waals surface area contributed by atoms with Gasteiger partial charge in [-0.3, -0.25) is 0 Å². The first-order valence-electron chi connectivity index (χ1n) is 4.64. The van der Waals surface area contributed by atoms with Gasteiger partial charge < -0.3 is 5.01 Å². The highest BCUT2D eigenvalue weighted by atomic mass is 15.4. The van der Waals surface area contributed by atoms with Crippen LogP contribution in [0.25, 0.3) is 5.57 Å². The quantitative estimate of drug-likeness (QED) is 0.526. The highest BCUT2D eigenvalue weighted by Crippen LogP contribution is 2.11. The third kappa shape index (κ3) is 3.44. The minimum atomic E-state index is 1.22. The fraction of sp³-hybridized carbons (Fsp3) is 0.250. The van der Waals surface area contributed by atoms with E-state index in [1.807, 2.05) is 44.6 Å². The van der Waals surface area contributed by atoms with Crippen LogP contribution in [0.2, 0.25) is 0 Å². The molecule has 0 aliphatic carbocycles. The predicted molar refractivity (Wildman–Crippen MR) is 62.3 cm³/mol. The van der Waals surface area contributed by atoms with E-state index in [1.54, 1.807) is 5.01 Å². The molecular formula is C12H16N2. The summed E-state index contributed by atoms with van der Waals surface area (Å²) >= 11 is 0. The molecule has 0 unspecified atom stereocenters. The van der Waals surface area contributed by atoms with Crippen LogP contribution in [0.15, 0.2) is 41.5 Å². The Labute approximate surface area is 85.6 Å². The van der Waals surface area contributed by atoms with Crippen LogP contribution in [0, 0.1) is 0 Å². The monoisotopic (exact) mass is 188 g/mol. The molecule has 0 amide bonds. The van der Waals surface area contributed by atoms with Crippen LogP contribution in [0.3, 0.4) is 0 Å². The van der Waals surface area contributed by atoms with Crippen LogP contribution in [0.5, 0.6) is 0 Å².